The molecule has 0 aliphatic carbocycles. The van der Waals surface area contributed by atoms with Gasteiger partial charge >= 0.3 is 5.97 Å². The van der Waals surface area contributed by atoms with E-state index < -0.39 is 5.97 Å². The van der Waals surface area contributed by atoms with Gasteiger partial charge < -0.3 is 10.0 Å². The number of likely N-dealkylation sites (tertiary alicyclic amines) is 1. The van der Waals surface area contributed by atoms with Gasteiger partial charge in [0.2, 0.25) is 0 Å². The van der Waals surface area contributed by atoms with Crippen LogP contribution in [0.3, 0.4) is 0 Å². The molecule has 3 nitrogen and oxygen atoms in total. The Labute approximate surface area is 86.1 Å². The molecule has 0 radical (unpaired) electrons. The van der Waals surface area contributed by atoms with Gasteiger partial charge in [0.15, 0.2) is 0 Å². The van der Waals surface area contributed by atoms with Gasteiger partial charge in [0.1, 0.15) is 0 Å². The summed E-state index contributed by atoms with van der Waals surface area (Å²) < 4.78 is 0. The highest BCUT2D eigenvalue weighted by molar-refractivity contribution is 5.70. The second-order valence-electron chi connectivity index (χ2n) is 4.29. The molecule has 82 valence electrons. The smallest absolute Gasteiger partial charge is 0.306 e. The number of carbonyl (C=O) groups is 1. The van der Waals surface area contributed by atoms with Crippen LogP contribution in [0.25, 0.3) is 0 Å². The molecule has 1 fully saturated rings. The van der Waals surface area contributed by atoms with E-state index in [1.54, 1.807) is 0 Å². The Hall–Kier alpha value is -0.570. The number of hydrogen-bond donors (Lipinski definition) is 1. The van der Waals surface area contributed by atoms with Crippen LogP contribution < -0.4 is 0 Å². The van der Waals surface area contributed by atoms with E-state index in [-0.39, 0.29) is 5.92 Å². The average Bonchev–Trinajstić information content (AvgIpc) is 2.18. The van der Waals surface area contributed by atoms with Gasteiger partial charge in [-0.05, 0) is 39.3 Å². The summed E-state index contributed by atoms with van der Waals surface area (Å²) in [5, 5.41) is 8.85. The summed E-state index contributed by atoms with van der Waals surface area (Å²) >= 11 is 0. The molecule has 1 heterocycles. The van der Waals surface area contributed by atoms with E-state index in [0.717, 1.165) is 25.9 Å². The zero-order valence-corrected chi connectivity index (χ0v) is 9.20. The highest BCUT2D eigenvalue weighted by Gasteiger charge is 2.26. The Bertz CT molecular complexity index is 186. The fourth-order valence-corrected chi connectivity index (χ4v) is 2.19. The minimum absolute atomic E-state index is 0.0972. The van der Waals surface area contributed by atoms with Crippen LogP contribution in [0.4, 0.5) is 0 Å². The Morgan fingerprint density at radius 3 is 2.50 bits per heavy atom. The lowest BCUT2D eigenvalue weighted by atomic mass is 9.95. The quantitative estimate of drug-likeness (QED) is 0.752. The number of rotatable bonds is 4. The van der Waals surface area contributed by atoms with Gasteiger partial charge in [0.05, 0.1) is 5.92 Å². The summed E-state index contributed by atoms with van der Waals surface area (Å²) in [4.78, 5) is 13.2. The maximum absolute atomic E-state index is 10.7. The van der Waals surface area contributed by atoms with E-state index in [1.165, 1.54) is 12.8 Å². The van der Waals surface area contributed by atoms with Crippen molar-refractivity contribution in [3.63, 3.8) is 0 Å². The normalized spacial score (nSPS) is 22.1. The van der Waals surface area contributed by atoms with Gasteiger partial charge in [-0.2, -0.15) is 0 Å². The predicted octanol–water partition coefficient (Wildman–Crippen LogP) is 1.97. The van der Waals surface area contributed by atoms with Crippen molar-refractivity contribution in [3.8, 4) is 0 Å². The summed E-state index contributed by atoms with van der Waals surface area (Å²) in [6, 6.07) is 0.620. The maximum Gasteiger partial charge on any atom is 0.306 e. The van der Waals surface area contributed by atoms with Crippen LogP contribution in [0.5, 0.6) is 0 Å². The lowest BCUT2D eigenvalue weighted by molar-refractivity contribution is -0.143. The van der Waals surface area contributed by atoms with Crippen LogP contribution in [0, 0.1) is 5.92 Å². The molecular formula is C11H21NO2. The molecule has 1 saturated heterocycles. The second kappa shape index (κ2) is 5.35. The Morgan fingerprint density at radius 2 is 2.07 bits per heavy atom. The summed E-state index contributed by atoms with van der Waals surface area (Å²) in [5.74, 6) is -0.715. The van der Waals surface area contributed by atoms with E-state index in [4.69, 9.17) is 5.11 Å². The molecule has 1 unspecified atom stereocenters. The summed E-state index contributed by atoms with van der Waals surface area (Å²) in [7, 11) is 0. The lowest BCUT2D eigenvalue weighted by Crippen LogP contribution is -2.41. The van der Waals surface area contributed by atoms with Crippen LogP contribution in [0.2, 0.25) is 0 Å². The monoisotopic (exact) mass is 199 g/mol. The third-order valence-electron chi connectivity index (χ3n) is 3.21. The number of hydrogen-bond acceptors (Lipinski definition) is 2. The van der Waals surface area contributed by atoms with Crippen molar-refractivity contribution in [2.45, 2.75) is 45.6 Å². The van der Waals surface area contributed by atoms with Gasteiger partial charge in [-0.1, -0.05) is 13.3 Å². The molecule has 0 saturated carbocycles. The zero-order valence-electron chi connectivity index (χ0n) is 9.20. The first-order valence-corrected chi connectivity index (χ1v) is 5.62. The van der Waals surface area contributed by atoms with Gasteiger partial charge in [0.25, 0.3) is 0 Å². The Morgan fingerprint density at radius 1 is 1.50 bits per heavy atom. The summed E-state index contributed by atoms with van der Waals surface area (Å²) in [6.45, 7) is 6.35. The van der Waals surface area contributed by atoms with Gasteiger partial charge in [-0.3, -0.25) is 4.79 Å². The van der Waals surface area contributed by atoms with Crippen molar-refractivity contribution in [1.82, 2.24) is 4.90 Å². The molecule has 3 heteroatoms. The number of carboxylic acids is 1. The number of nitrogens with zero attached hydrogens (tertiary/aromatic N) is 1. The van der Waals surface area contributed by atoms with Crippen molar-refractivity contribution in [2.75, 3.05) is 13.1 Å². The standard InChI is InChI=1S/C11H21NO2/c1-3-4-9(2)12-7-5-10(6-8-12)11(13)14/h9-10H,3-8H2,1-2H3,(H,13,14). The summed E-state index contributed by atoms with van der Waals surface area (Å²) in [5.41, 5.74) is 0. The van der Waals surface area contributed by atoms with Crippen molar-refractivity contribution < 1.29 is 9.90 Å². The molecule has 14 heavy (non-hydrogen) atoms. The van der Waals surface area contributed by atoms with Crippen LogP contribution in [-0.4, -0.2) is 35.1 Å². The van der Waals surface area contributed by atoms with Gasteiger partial charge in [-0.25, -0.2) is 0 Å². The topological polar surface area (TPSA) is 40.5 Å². The SMILES string of the molecule is CCCC(C)N1CCC(C(=O)O)CC1. The molecule has 0 bridgehead atoms. The molecule has 1 aliphatic rings. The first-order valence-electron chi connectivity index (χ1n) is 5.62. The van der Waals surface area contributed by atoms with Crippen molar-refractivity contribution in [1.29, 1.82) is 0 Å². The van der Waals surface area contributed by atoms with Crippen molar-refractivity contribution >= 4 is 5.97 Å². The fourth-order valence-electron chi connectivity index (χ4n) is 2.19. The lowest BCUT2D eigenvalue weighted by Gasteiger charge is -2.34. The van der Waals surface area contributed by atoms with E-state index in [2.05, 4.69) is 18.7 Å². The predicted molar refractivity (Wildman–Crippen MR) is 56.3 cm³/mol. The third kappa shape index (κ3) is 2.98. The Kier molecular flexibility index (Phi) is 4.39. The minimum Gasteiger partial charge on any atom is -0.481 e. The molecule has 1 N–H and O–H groups in total. The fraction of sp³-hybridized carbons (Fsp3) is 0.909. The van der Waals surface area contributed by atoms with E-state index in [9.17, 15) is 4.79 Å². The Balaban J connectivity index is 2.31. The second-order valence-corrected chi connectivity index (χ2v) is 4.29. The number of piperidine rings is 1. The largest absolute Gasteiger partial charge is 0.481 e. The first-order chi connectivity index (χ1) is 6.65. The molecule has 0 aromatic heterocycles. The van der Waals surface area contributed by atoms with E-state index >= 15 is 0 Å². The molecule has 1 rings (SSSR count). The zero-order chi connectivity index (χ0) is 10.6. The van der Waals surface area contributed by atoms with Crippen LogP contribution in [-0.2, 0) is 4.79 Å². The maximum atomic E-state index is 10.7. The van der Waals surface area contributed by atoms with Gasteiger partial charge in [-0.15, -0.1) is 0 Å². The van der Waals surface area contributed by atoms with Crippen LogP contribution in [0.1, 0.15) is 39.5 Å². The van der Waals surface area contributed by atoms with Crippen molar-refractivity contribution in [3.05, 3.63) is 0 Å². The van der Waals surface area contributed by atoms with Crippen LogP contribution in [0.15, 0.2) is 0 Å². The molecular weight excluding hydrogens is 178 g/mol. The molecule has 0 aromatic rings. The highest BCUT2D eigenvalue weighted by atomic mass is 16.4. The minimum atomic E-state index is -0.618. The molecule has 1 aliphatic heterocycles. The highest BCUT2D eigenvalue weighted by Crippen LogP contribution is 2.20. The van der Waals surface area contributed by atoms with E-state index in [1.807, 2.05) is 0 Å². The van der Waals surface area contributed by atoms with Crippen LogP contribution >= 0.6 is 0 Å². The van der Waals surface area contributed by atoms with E-state index in [0.29, 0.717) is 6.04 Å². The third-order valence-corrected chi connectivity index (χ3v) is 3.21. The number of carboxylic acid groups (broad SMARTS) is 1. The first kappa shape index (κ1) is 11.5. The van der Waals surface area contributed by atoms with Crippen molar-refractivity contribution in [2.24, 2.45) is 5.92 Å². The molecule has 0 aromatic carbocycles. The molecule has 0 amide bonds. The summed E-state index contributed by atoms with van der Waals surface area (Å²) in [6.07, 6.45) is 4.07. The van der Waals surface area contributed by atoms with Gasteiger partial charge in [0, 0.05) is 6.04 Å². The number of aliphatic carboxylic acids is 1. The molecule has 1 atom stereocenters. The average molecular weight is 199 g/mol. The molecule has 0 spiro atoms.